The summed E-state index contributed by atoms with van der Waals surface area (Å²) in [7, 11) is 1.71. The number of hydrogen-bond donors (Lipinski definition) is 1. The molecule has 1 aromatic rings. The summed E-state index contributed by atoms with van der Waals surface area (Å²) >= 11 is 0. The van der Waals surface area contributed by atoms with E-state index in [4.69, 9.17) is 4.74 Å². The fourth-order valence-corrected chi connectivity index (χ4v) is 3.76. The second kappa shape index (κ2) is 7.14. The third kappa shape index (κ3) is 3.43. The van der Waals surface area contributed by atoms with E-state index < -0.39 is 0 Å². The number of benzene rings is 1. The van der Waals surface area contributed by atoms with Crippen LogP contribution in [0.15, 0.2) is 24.3 Å². The highest BCUT2D eigenvalue weighted by atomic mass is 16.5. The van der Waals surface area contributed by atoms with Crippen LogP contribution in [0, 0.1) is 0 Å². The van der Waals surface area contributed by atoms with Gasteiger partial charge in [0, 0.05) is 25.0 Å². The Bertz CT molecular complexity index is 512. The molecular formula is C18H26N2O2. The van der Waals surface area contributed by atoms with E-state index in [-0.39, 0.29) is 0 Å². The van der Waals surface area contributed by atoms with E-state index in [1.807, 2.05) is 18.2 Å². The minimum absolute atomic E-state index is 0.316. The molecule has 2 saturated heterocycles. The van der Waals surface area contributed by atoms with Gasteiger partial charge in [-0.1, -0.05) is 18.2 Å². The van der Waals surface area contributed by atoms with Crippen LogP contribution in [0.3, 0.4) is 0 Å². The van der Waals surface area contributed by atoms with Gasteiger partial charge in [-0.15, -0.1) is 0 Å². The van der Waals surface area contributed by atoms with Crippen LogP contribution in [0.25, 0.3) is 0 Å². The molecule has 0 bridgehead atoms. The first-order valence-electron chi connectivity index (χ1n) is 8.42. The zero-order chi connectivity index (χ0) is 15.4. The first-order valence-corrected chi connectivity index (χ1v) is 8.42. The van der Waals surface area contributed by atoms with E-state index in [1.165, 1.54) is 12.0 Å². The van der Waals surface area contributed by atoms with E-state index in [1.54, 1.807) is 7.11 Å². The number of rotatable bonds is 5. The molecule has 2 aliphatic heterocycles. The number of para-hydroxylation sites is 1. The number of nitrogens with one attached hydrogen (secondary N) is 1. The largest absolute Gasteiger partial charge is 0.496 e. The van der Waals surface area contributed by atoms with Crippen LogP contribution in [0.1, 0.15) is 37.7 Å². The van der Waals surface area contributed by atoms with Crippen molar-refractivity contribution in [3.63, 3.8) is 0 Å². The number of carbonyl (C=O) groups excluding carboxylic acids is 1. The maximum atomic E-state index is 12.6. The molecule has 2 atom stereocenters. The molecule has 2 aliphatic rings. The average molecular weight is 302 g/mol. The topological polar surface area (TPSA) is 41.6 Å². The van der Waals surface area contributed by atoms with Crippen molar-refractivity contribution in [2.24, 2.45) is 0 Å². The van der Waals surface area contributed by atoms with Gasteiger partial charge in [0.15, 0.2) is 0 Å². The number of amides is 1. The highest BCUT2D eigenvalue weighted by Gasteiger charge is 2.31. The normalized spacial score (nSPS) is 24.7. The molecule has 0 saturated carbocycles. The lowest BCUT2D eigenvalue weighted by Crippen LogP contribution is -2.40. The number of likely N-dealkylation sites (tertiary alicyclic amines) is 1. The van der Waals surface area contributed by atoms with Gasteiger partial charge in [-0.05, 0) is 50.3 Å². The van der Waals surface area contributed by atoms with Gasteiger partial charge in [-0.2, -0.15) is 0 Å². The lowest BCUT2D eigenvalue weighted by Gasteiger charge is -2.26. The Labute approximate surface area is 132 Å². The van der Waals surface area contributed by atoms with Crippen LogP contribution in [-0.4, -0.2) is 43.1 Å². The Balaban J connectivity index is 1.63. The molecule has 4 heteroatoms. The molecule has 0 aromatic heterocycles. The number of nitrogens with zero attached hydrogens (tertiary/aromatic N) is 1. The Kier molecular flexibility index (Phi) is 4.98. The van der Waals surface area contributed by atoms with E-state index in [9.17, 15) is 4.79 Å². The first kappa shape index (κ1) is 15.3. The minimum atomic E-state index is 0.316. The summed E-state index contributed by atoms with van der Waals surface area (Å²) < 4.78 is 5.45. The van der Waals surface area contributed by atoms with Gasteiger partial charge in [0.1, 0.15) is 5.75 Å². The number of methoxy groups -OCH3 is 1. The molecule has 1 N–H and O–H groups in total. The average Bonchev–Trinajstić information content (AvgIpc) is 3.19. The fourth-order valence-electron chi connectivity index (χ4n) is 3.76. The minimum Gasteiger partial charge on any atom is -0.496 e. The van der Waals surface area contributed by atoms with E-state index in [0.29, 0.717) is 24.4 Å². The summed E-state index contributed by atoms with van der Waals surface area (Å²) in [5.41, 5.74) is 1.20. The Morgan fingerprint density at radius 2 is 2.18 bits per heavy atom. The monoisotopic (exact) mass is 302 g/mol. The van der Waals surface area contributed by atoms with Gasteiger partial charge < -0.3 is 15.0 Å². The van der Waals surface area contributed by atoms with Crippen LogP contribution in [0.5, 0.6) is 5.75 Å². The molecule has 3 rings (SSSR count). The van der Waals surface area contributed by atoms with Crippen LogP contribution in [0.4, 0.5) is 0 Å². The van der Waals surface area contributed by atoms with Gasteiger partial charge in [0.25, 0.3) is 0 Å². The molecule has 0 radical (unpaired) electrons. The van der Waals surface area contributed by atoms with Crippen molar-refractivity contribution in [2.45, 2.75) is 50.6 Å². The molecule has 1 aromatic carbocycles. The van der Waals surface area contributed by atoms with Crippen molar-refractivity contribution >= 4 is 5.91 Å². The predicted molar refractivity (Wildman–Crippen MR) is 87.1 cm³/mol. The van der Waals surface area contributed by atoms with Crippen LogP contribution in [0.2, 0.25) is 0 Å². The summed E-state index contributed by atoms with van der Waals surface area (Å²) in [4.78, 5) is 14.7. The lowest BCUT2D eigenvalue weighted by atomic mass is 10.0. The molecule has 120 valence electrons. The van der Waals surface area contributed by atoms with Crippen LogP contribution in [-0.2, 0) is 11.2 Å². The summed E-state index contributed by atoms with van der Waals surface area (Å²) in [6.45, 7) is 1.97. The van der Waals surface area contributed by atoms with Gasteiger partial charge >= 0.3 is 0 Å². The van der Waals surface area contributed by atoms with Gasteiger partial charge in [-0.25, -0.2) is 0 Å². The highest BCUT2D eigenvalue weighted by molar-refractivity contribution is 5.77. The third-order valence-electron chi connectivity index (χ3n) is 4.93. The van der Waals surface area contributed by atoms with Crippen molar-refractivity contribution in [1.29, 1.82) is 0 Å². The Morgan fingerprint density at radius 1 is 1.32 bits per heavy atom. The highest BCUT2D eigenvalue weighted by Crippen LogP contribution is 2.27. The molecule has 2 fully saturated rings. The second-order valence-electron chi connectivity index (χ2n) is 6.40. The smallest absolute Gasteiger partial charge is 0.224 e. The Morgan fingerprint density at radius 3 is 2.95 bits per heavy atom. The maximum Gasteiger partial charge on any atom is 0.224 e. The van der Waals surface area contributed by atoms with Gasteiger partial charge in [0.05, 0.1) is 7.11 Å². The molecule has 2 heterocycles. The first-order chi connectivity index (χ1) is 10.8. The van der Waals surface area contributed by atoms with E-state index >= 15 is 0 Å². The summed E-state index contributed by atoms with van der Waals surface area (Å²) in [6.07, 6.45) is 6.10. The summed E-state index contributed by atoms with van der Waals surface area (Å²) in [5.74, 6) is 1.25. The van der Waals surface area contributed by atoms with Crippen molar-refractivity contribution < 1.29 is 9.53 Å². The van der Waals surface area contributed by atoms with Crippen molar-refractivity contribution in [2.75, 3.05) is 20.2 Å². The summed E-state index contributed by atoms with van der Waals surface area (Å²) in [6, 6.07) is 8.86. The van der Waals surface area contributed by atoms with E-state index in [0.717, 1.165) is 44.5 Å². The second-order valence-corrected chi connectivity index (χ2v) is 6.40. The molecule has 4 nitrogen and oxygen atoms in total. The van der Waals surface area contributed by atoms with Gasteiger partial charge in [0.2, 0.25) is 5.91 Å². The quantitative estimate of drug-likeness (QED) is 0.908. The SMILES string of the molecule is COc1ccccc1CC1CCCN1C(=O)CC1CCCN1. The lowest BCUT2D eigenvalue weighted by molar-refractivity contribution is -0.132. The van der Waals surface area contributed by atoms with Crippen LogP contribution >= 0.6 is 0 Å². The van der Waals surface area contributed by atoms with Gasteiger partial charge in [-0.3, -0.25) is 4.79 Å². The molecule has 1 amide bonds. The molecular weight excluding hydrogens is 276 g/mol. The van der Waals surface area contributed by atoms with E-state index in [2.05, 4.69) is 16.3 Å². The zero-order valence-corrected chi connectivity index (χ0v) is 13.4. The van der Waals surface area contributed by atoms with Crippen LogP contribution < -0.4 is 10.1 Å². The number of carbonyl (C=O) groups is 1. The maximum absolute atomic E-state index is 12.6. The molecule has 22 heavy (non-hydrogen) atoms. The standard InChI is InChI=1S/C18H26N2O2/c1-22-17-9-3-2-6-14(17)12-16-8-5-11-20(16)18(21)13-15-7-4-10-19-15/h2-3,6,9,15-16,19H,4-5,7-8,10-13H2,1H3. The van der Waals surface area contributed by atoms with Crippen molar-refractivity contribution in [3.8, 4) is 5.75 Å². The predicted octanol–water partition coefficient (Wildman–Crippen LogP) is 2.37. The van der Waals surface area contributed by atoms with Crippen molar-refractivity contribution in [3.05, 3.63) is 29.8 Å². The number of hydrogen-bond acceptors (Lipinski definition) is 3. The molecule has 0 aliphatic carbocycles. The zero-order valence-electron chi connectivity index (χ0n) is 13.4. The fraction of sp³-hybridized carbons (Fsp3) is 0.611. The molecule has 0 spiro atoms. The Hall–Kier alpha value is -1.55. The third-order valence-corrected chi connectivity index (χ3v) is 4.93. The number of ether oxygens (including phenoxy) is 1. The van der Waals surface area contributed by atoms with Crippen molar-refractivity contribution in [1.82, 2.24) is 10.2 Å². The molecule has 2 unspecified atom stereocenters. The summed E-state index contributed by atoms with van der Waals surface area (Å²) in [5, 5.41) is 3.43.